The molecule has 0 bridgehead atoms. The van der Waals surface area contributed by atoms with Crippen LogP contribution in [0.15, 0.2) is 77.7 Å². The van der Waals surface area contributed by atoms with Crippen molar-refractivity contribution in [3.8, 4) is 5.75 Å². The molecule has 1 N–H and O–H groups in total. The average molecular weight is 533 g/mol. The zero-order valence-corrected chi connectivity index (χ0v) is 21.0. The highest BCUT2D eigenvalue weighted by atomic mass is 32.2. The number of rotatable bonds is 8. The zero-order valence-electron chi connectivity index (χ0n) is 20.2. The molecular formula is C27H27F3N2O4S. The molecule has 6 nitrogen and oxygen atoms in total. The van der Waals surface area contributed by atoms with Crippen molar-refractivity contribution in [3.05, 3.63) is 83.9 Å². The summed E-state index contributed by atoms with van der Waals surface area (Å²) in [5.74, 6) is -0.0463. The fourth-order valence-electron chi connectivity index (χ4n) is 4.14. The lowest BCUT2D eigenvalue weighted by Crippen LogP contribution is -2.38. The van der Waals surface area contributed by atoms with Crippen molar-refractivity contribution in [2.75, 3.05) is 16.2 Å². The van der Waals surface area contributed by atoms with Crippen LogP contribution in [0.25, 0.3) is 0 Å². The second kappa shape index (κ2) is 10.8. The number of ether oxygens (including phenoxy) is 1. The molecule has 1 fully saturated rings. The number of halogens is 3. The van der Waals surface area contributed by atoms with Gasteiger partial charge in [-0.3, -0.25) is 9.10 Å². The van der Waals surface area contributed by atoms with Crippen LogP contribution in [0.5, 0.6) is 5.75 Å². The van der Waals surface area contributed by atoms with E-state index in [9.17, 15) is 26.4 Å². The predicted octanol–water partition coefficient (Wildman–Crippen LogP) is 6.17. The minimum atomic E-state index is -4.68. The van der Waals surface area contributed by atoms with E-state index in [1.807, 2.05) is 0 Å². The molecule has 0 aromatic heterocycles. The molecule has 0 heterocycles. The van der Waals surface area contributed by atoms with E-state index in [0.29, 0.717) is 21.8 Å². The van der Waals surface area contributed by atoms with Crippen molar-refractivity contribution in [2.24, 2.45) is 0 Å². The number of sulfonamides is 1. The van der Waals surface area contributed by atoms with Gasteiger partial charge in [0.2, 0.25) is 5.91 Å². The third kappa shape index (κ3) is 6.62. The minimum Gasteiger partial charge on any atom is -0.490 e. The molecule has 3 aromatic carbocycles. The molecule has 1 aliphatic carbocycles. The van der Waals surface area contributed by atoms with Crippen molar-refractivity contribution in [2.45, 2.75) is 49.8 Å². The molecule has 37 heavy (non-hydrogen) atoms. The van der Waals surface area contributed by atoms with Gasteiger partial charge in [0.25, 0.3) is 10.0 Å². The SMILES string of the molecule is Cc1ccc(S(=O)(=O)N(CC(=O)Nc2ccc(OC3CCCC3)cc2)c2cccc(C(F)(F)F)c2)cc1. The highest BCUT2D eigenvalue weighted by Gasteiger charge is 2.33. The minimum absolute atomic E-state index is 0.142. The normalized spacial score (nSPS) is 14.4. The first kappa shape index (κ1) is 26.5. The van der Waals surface area contributed by atoms with Crippen LogP contribution in [0.1, 0.15) is 36.8 Å². The predicted molar refractivity (Wildman–Crippen MR) is 135 cm³/mol. The highest BCUT2D eigenvalue weighted by Crippen LogP contribution is 2.33. The van der Waals surface area contributed by atoms with Gasteiger partial charge in [0.05, 0.1) is 22.3 Å². The van der Waals surface area contributed by atoms with Crippen molar-refractivity contribution in [3.63, 3.8) is 0 Å². The fraction of sp³-hybridized carbons (Fsp3) is 0.296. The van der Waals surface area contributed by atoms with Crippen LogP contribution in [0.4, 0.5) is 24.5 Å². The number of carbonyl (C=O) groups excluding carboxylic acids is 1. The Kier molecular flexibility index (Phi) is 7.77. The van der Waals surface area contributed by atoms with Gasteiger partial charge >= 0.3 is 6.18 Å². The van der Waals surface area contributed by atoms with E-state index in [0.717, 1.165) is 43.4 Å². The molecule has 0 atom stereocenters. The highest BCUT2D eigenvalue weighted by molar-refractivity contribution is 7.92. The van der Waals surface area contributed by atoms with Gasteiger partial charge in [-0.25, -0.2) is 8.42 Å². The van der Waals surface area contributed by atoms with Gasteiger partial charge in [0.1, 0.15) is 12.3 Å². The zero-order chi connectivity index (χ0) is 26.6. The number of benzene rings is 3. The van der Waals surface area contributed by atoms with Gasteiger partial charge in [0.15, 0.2) is 0 Å². The topological polar surface area (TPSA) is 75.7 Å². The van der Waals surface area contributed by atoms with E-state index in [1.165, 1.54) is 18.2 Å². The van der Waals surface area contributed by atoms with Crippen molar-refractivity contribution < 1.29 is 31.1 Å². The number of nitrogens with one attached hydrogen (secondary N) is 1. The van der Waals surface area contributed by atoms with Crippen LogP contribution in [-0.2, 0) is 21.0 Å². The Hall–Kier alpha value is -3.53. The van der Waals surface area contributed by atoms with Crippen LogP contribution in [0.2, 0.25) is 0 Å². The van der Waals surface area contributed by atoms with E-state index in [4.69, 9.17) is 4.74 Å². The molecule has 0 saturated heterocycles. The smallest absolute Gasteiger partial charge is 0.416 e. The van der Waals surface area contributed by atoms with Gasteiger partial charge in [-0.05, 0) is 87.2 Å². The molecule has 0 radical (unpaired) electrons. The Labute approximate surface area is 214 Å². The van der Waals surface area contributed by atoms with Gasteiger partial charge in [-0.15, -0.1) is 0 Å². The fourth-order valence-corrected chi connectivity index (χ4v) is 5.55. The maximum absolute atomic E-state index is 13.5. The second-order valence-corrected chi connectivity index (χ2v) is 10.8. The average Bonchev–Trinajstić information content (AvgIpc) is 3.37. The molecule has 0 spiro atoms. The summed E-state index contributed by atoms with van der Waals surface area (Å²) >= 11 is 0. The number of nitrogens with zero attached hydrogens (tertiary/aromatic N) is 1. The van der Waals surface area contributed by atoms with E-state index in [2.05, 4.69) is 5.32 Å². The summed E-state index contributed by atoms with van der Waals surface area (Å²) in [6.07, 6.45) is -0.244. The first-order valence-corrected chi connectivity index (χ1v) is 13.3. The number of hydrogen-bond donors (Lipinski definition) is 1. The Morgan fingerprint density at radius 2 is 1.65 bits per heavy atom. The lowest BCUT2D eigenvalue weighted by Gasteiger charge is -2.25. The molecule has 4 rings (SSSR count). The summed E-state index contributed by atoms with van der Waals surface area (Å²) in [6, 6.07) is 16.4. The maximum atomic E-state index is 13.5. The third-order valence-corrected chi connectivity index (χ3v) is 7.89. The second-order valence-electron chi connectivity index (χ2n) is 8.97. The monoisotopic (exact) mass is 532 g/mol. The van der Waals surface area contributed by atoms with Gasteiger partial charge < -0.3 is 10.1 Å². The molecule has 10 heteroatoms. The number of hydrogen-bond acceptors (Lipinski definition) is 4. The van der Waals surface area contributed by atoms with E-state index < -0.39 is 34.2 Å². The summed E-state index contributed by atoms with van der Waals surface area (Å²) in [5, 5.41) is 2.62. The maximum Gasteiger partial charge on any atom is 0.416 e. The summed E-state index contributed by atoms with van der Waals surface area (Å²) < 4.78 is 73.5. The Balaban J connectivity index is 1.57. The molecule has 1 amide bonds. The van der Waals surface area contributed by atoms with Crippen molar-refractivity contribution in [1.82, 2.24) is 0 Å². The van der Waals surface area contributed by atoms with E-state index in [-0.39, 0.29) is 16.7 Å². The van der Waals surface area contributed by atoms with E-state index >= 15 is 0 Å². The van der Waals surface area contributed by atoms with Crippen LogP contribution in [-0.4, -0.2) is 27.0 Å². The Morgan fingerprint density at radius 1 is 1.00 bits per heavy atom. The number of alkyl halides is 3. The van der Waals surface area contributed by atoms with Crippen LogP contribution in [0.3, 0.4) is 0 Å². The number of aryl methyl sites for hydroxylation is 1. The van der Waals surface area contributed by atoms with Gasteiger partial charge in [-0.2, -0.15) is 13.2 Å². The molecule has 1 aliphatic rings. The van der Waals surface area contributed by atoms with Crippen LogP contribution < -0.4 is 14.4 Å². The Bertz CT molecular complexity index is 1340. The lowest BCUT2D eigenvalue weighted by molar-refractivity contribution is -0.137. The van der Waals surface area contributed by atoms with Crippen LogP contribution in [0, 0.1) is 6.92 Å². The van der Waals surface area contributed by atoms with E-state index in [1.54, 1.807) is 43.3 Å². The van der Waals surface area contributed by atoms with Crippen LogP contribution >= 0.6 is 0 Å². The summed E-state index contributed by atoms with van der Waals surface area (Å²) in [7, 11) is -4.36. The molecule has 0 aliphatic heterocycles. The first-order valence-electron chi connectivity index (χ1n) is 11.9. The van der Waals surface area contributed by atoms with Crippen molar-refractivity contribution >= 4 is 27.3 Å². The summed E-state index contributed by atoms with van der Waals surface area (Å²) in [6.45, 7) is 1.05. The standard InChI is InChI=1S/C27H27F3N2O4S/c1-19-9-15-25(16-10-19)37(34,35)32(22-6-4-5-20(17-22)27(28,29)30)18-26(33)31-21-11-13-24(14-12-21)36-23-7-2-3-8-23/h4-6,9-17,23H,2-3,7-8,18H2,1H3,(H,31,33). The van der Waals surface area contributed by atoms with Crippen molar-refractivity contribution in [1.29, 1.82) is 0 Å². The number of anilines is 2. The molecule has 0 unspecified atom stereocenters. The molecule has 3 aromatic rings. The Morgan fingerprint density at radius 3 is 2.27 bits per heavy atom. The lowest BCUT2D eigenvalue weighted by atomic mass is 10.2. The number of amides is 1. The van der Waals surface area contributed by atoms with Gasteiger partial charge in [-0.1, -0.05) is 23.8 Å². The third-order valence-electron chi connectivity index (χ3n) is 6.10. The largest absolute Gasteiger partial charge is 0.490 e. The molecular weight excluding hydrogens is 505 g/mol. The van der Waals surface area contributed by atoms with Gasteiger partial charge in [0, 0.05) is 5.69 Å². The first-order chi connectivity index (χ1) is 17.5. The number of carbonyl (C=O) groups is 1. The molecule has 196 valence electrons. The summed E-state index contributed by atoms with van der Waals surface area (Å²) in [5.41, 5.74) is -0.0820. The molecule has 1 saturated carbocycles. The summed E-state index contributed by atoms with van der Waals surface area (Å²) in [4.78, 5) is 12.8. The quantitative estimate of drug-likeness (QED) is 0.377.